The van der Waals surface area contributed by atoms with Crippen LogP contribution in [0.2, 0.25) is 0 Å². The lowest BCUT2D eigenvalue weighted by molar-refractivity contribution is -0.350. The summed E-state index contributed by atoms with van der Waals surface area (Å²) in [4.78, 5) is 21.0. The Morgan fingerprint density at radius 2 is 1.89 bits per heavy atom. The highest BCUT2D eigenvalue weighted by Crippen LogP contribution is 2.35. The van der Waals surface area contributed by atoms with Gasteiger partial charge < -0.3 is 19.7 Å². The third-order valence-corrected chi connectivity index (χ3v) is 2.75. The molecule has 0 saturated carbocycles. The van der Waals surface area contributed by atoms with E-state index in [1.807, 2.05) is 0 Å². The van der Waals surface area contributed by atoms with Crippen LogP contribution >= 0.6 is 31.9 Å². The van der Waals surface area contributed by atoms with Gasteiger partial charge in [-0.2, -0.15) is 8.78 Å². The summed E-state index contributed by atoms with van der Waals surface area (Å²) >= 11 is 5.76. The average molecular weight is 389 g/mol. The summed E-state index contributed by atoms with van der Waals surface area (Å²) in [6, 6.07) is 2.22. The monoisotopic (exact) mass is 387 g/mol. The van der Waals surface area contributed by atoms with E-state index in [1.54, 1.807) is 0 Å². The minimum absolute atomic E-state index is 0.143. The first-order valence-electron chi connectivity index (χ1n) is 4.15. The lowest BCUT2D eigenvalue weighted by atomic mass is 10.2. The maximum absolute atomic E-state index is 12.8. The molecule has 9 heteroatoms. The first-order chi connectivity index (χ1) is 8.15. The van der Waals surface area contributed by atoms with E-state index in [9.17, 15) is 23.5 Å². The van der Waals surface area contributed by atoms with Gasteiger partial charge in [-0.1, -0.05) is 15.9 Å². The number of carboxylic acid groups (broad SMARTS) is 2. The van der Waals surface area contributed by atoms with Crippen LogP contribution in [0.5, 0.6) is 5.75 Å². The van der Waals surface area contributed by atoms with E-state index in [1.165, 1.54) is 6.07 Å². The highest BCUT2D eigenvalue weighted by molar-refractivity contribution is 9.11. The molecule has 1 rings (SSSR count). The Labute approximate surface area is 116 Å². The minimum atomic E-state index is -4.64. The van der Waals surface area contributed by atoms with Crippen LogP contribution in [0.1, 0.15) is 10.4 Å². The van der Waals surface area contributed by atoms with Crippen molar-refractivity contribution in [1.29, 1.82) is 0 Å². The van der Waals surface area contributed by atoms with Crippen LogP contribution < -0.4 is 9.84 Å². The molecule has 1 aromatic carbocycles. The largest absolute Gasteiger partial charge is 0.541 e. The van der Waals surface area contributed by atoms with Gasteiger partial charge in [0, 0.05) is 4.47 Å². The van der Waals surface area contributed by atoms with Crippen molar-refractivity contribution in [2.45, 2.75) is 6.11 Å². The van der Waals surface area contributed by atoms with Crippen molar-refractivity contribution in [2.24, 2.45) is 0 Å². The molecule has 98 valence electrons. The summed E-state index contributed by atoms with van der Waals surface area (Å²) in [5.74, 6) is -5.13. The summed E-state index contributed by atoms with van der Waals surface area (Å²) < 4.78 is 29.7. The van der Waals surface area contributed by atoms with Gasteiger partial charge in [-0.25, -0.2) is 4.79 Å². The van der Waals surface area contributed by atoms with Crippen molar-refractivity contribution in [3.05, 3.63) is 26.6 Å². The van der Waals surface area contributed by atoms with Gasteiger partial charge in [0.25, 0.3) is 0 Å². The predicted molar refractivity (Wildman–Crippen MR) is 59.4 cm³/mol. The highest BCUT2D eigenvalue weighted by Gasteiger charge is 2.36. The molecule has 0 aliphatic heterocycles. The number of ether oxygens (including phenoxy) is 1. The van der Waals surface area contributed by atoms with Crippen LogP contribution in [-0.2, 0) is 4.79 Å². The van der Waals surface area contributed by atoms with Crippen molar-refractivity contribution in [3.8, 4) is 5.75 Å². The van der Waals surface area contributed by atoms with Crippen LogP contribution in [-0.4, -0.2) is 23.2 Å². The van der Waals surface area contributed by atoms with Gasteiger partial charge in [0.15, 0.2) is 11.7 Å². The Kier molecular flexibility index (Phi) is 4.28. The fraction of sp³-hybridized carbons (Fsp3) is 0.111. The predicted octanol–water partition coefficient (Wildman–Crippen LogP) is 1.63. The zero-order valence-electron chi connectivity index (χ0n) is 8.25. The van der Waals surface area contributed by atoms with Crippen LogP contribution in [0.3, 0.4) is 0 Å². The molecule has 0 aliphatic carbocycles. The quantitative estimate of drug-likeness (QED) is 0.847. The molecule has 0 spiro atoms. The smallest absolute Gasteiger partial charge is 0.441 e. The summed E-state index contributed by atoms with van der Waals surface area (Å²) in [5.41, 5.74) is -0.628. The minimum Gasteiger partial charge on any atom is -0.541 e. The van der Waals surface area contributed by atoms with Crippen LogP contribution in [0.15, 0.2) is 21.1 Å². The molecule has 0 bridgehead atoms. The topological polar surface area (TPSA) is 86.7 Å². The molecule has 0 amide bonds. The fourth-order valence-corrected chi connectivity index (χ4v) is 2.30. The van der Waals surface area contributed by atoms with Gasteiger partial charge in [0.2, 0.25) is 0 Å². The molecule has 1 N–H and O–H groups in total. The second kappa shape index (κ2) is 5.19. The first kappa shape index (κ1) is 14.8. The second-order valence-corrected chi connectivity index (χ2v) is 4.75. The average Bonchev–Trinajstić information content (AvgIpc) is 2.21. The highest BCUT2D eigenvalue weighted by atomic mass is 79.9. The molecule has 5 nitrogen and oxygen atoms in total. The Morgan fingerprint density at radius 1 is 1.33 bits per heavy atom. The summed E-state index contributed by atoms with van der Waals surface area (Å²) in [6.07, 6.45) is -4.64. The molecule has 0 unspecified atom stereocenters. The number of hydrogen-bond donors (Lipinski definition) is 1. The summed E-state index contributed by atoms with van der Waals surface area (Å²) in [7, 11) is 0. The van der Waals surface area contributed by atoms with Crippen molar-refractivity contribution in [3.63, 3.8) is 0 Å². The van der Waals surface area contributed by atoms with Gasteiger partial charge in [0.05, 0.1) is 4.47 Å². The number of benzene rings is 1. The lowest BCUT2D eigenvalue weighted by Crippen LogP contribution is -2.46. The zero-order valence-corrected chi connectivity index (χ0v) is 11.4. The van der Waals surface area contributed by atoms with E-state index >= 15 is 0 Å². The number of carbonyl (C=O) groups is 2. The van der Waals surface area contributed by atoms with E-state index < -0.39 is 29.4 Å². The Hall–Kier alpha value is -1.22. The van der Waals surface area contributed by atoms with Crippen molar-refractivity contribution in [1.82, 2.24) is 0 Å². The maximum Gasteiger partial charge on any atom is 0.441 e. The lowest BCUT2D eigenvalue weighted by Gasteiger charge is -2.20. The molecule has 18 heavy (non-hydrogen) atoms. The molecule has 0 radical (unpaired) electrons. The van der Waals surface area contributed by atoms with Gasteiger partial charge >= 0.3 is 12.1 Å². The molecular weight excluding hydrogens is 386 g/mol. The van der Waals surface area contributed by atoms with Crippen LogP contribution in [0, 0.1) is 0 Å². The van der Waals surface area contributed by atoms with E-state index in [4.69, 9.17) is 5.11 Å². The molecule has 0 fully saturated rings. The number of carbonyl (C=O) groups excluding carboxylic acids is 1. The number of aromatic carboxylic acids is 1. The van der Waals surface area contributed by atoms with Crippen molar-refractivity contribution >= 4 is 43.8 Å². The number of alkyl halides is 2. The molecule has 0 heterocycles. The third-order valence-electron chi connectivity index (χ3n) is 1.71. The van der Waals surface area contributed by atoms with Gasteiger partial charge in [0.1, 0.15) is 5.56 Å². The number of hydrogen-bond acceptors (Lipinski definition) is 4. The number of halogens is 4. The molecular formula is C9H3Br2F2O5-. The fourth-order valence-electron chi connectivity index (χ4n) is 0.993. The van der Waals surface area contributed by atoms with Crippen LogP contribution in [0.25, 0.3) is 0 Å². The molecule has 0 aliphatic rings. The molecule has 0 aromatic heterocycles. The molecule has 0 saturated heterocycles. The number of rotatable bonds is 4. The van der Waals surface area contributed by atoms with Gasteiger partial charge in [-0.3, -0.25) is 0 Å². The standard InChI is InChI=1S/C9H4Br2F2O5/c10-3-1-4(7(14)15)6(5(11)2-3)18-9(12,13)8(16)17/h1-2H,(H,14,15)(H,16,17)/p-1. The van der Waals surface area contributed by atoms with E-state index in [0.29, 0.717) is 0 Å². The molecule has 1 aromatic rings. The molecule has 0 atom stereocenters. The Morgan fingerprint density at radius 3 is 2.33 bits per heavy atom. The summed E-state index contributed by atoms with van der Waals surface area (Å²) in [5, 5.41) is 18.9. The normalized spacial score (nSPS) is 11.1. The van der Waals surface area contributed by atoms with Crippen molar-refractivity contribution < 1.29 is 33.3 Å². The number of carboxylic acids is 2. The van der Waals surface area contributed by atoms with Gasteiger partial charge in [-0.05, 0) is 28.1 Å². The SMILES string of the molecule is O=C(O)c1cc(Br)cc(Br)c1OC(F)(F)C(=O)[O-]. The van der Waals surface area contributed by atoms with E-state index in [2.05, 4.69) is 36.6 Å². The number of aliphatic carboxylic acids is 1. The zero-order chi connectivity index (χ0) is 14.1. The third kappa shape index (κ3) is 3.16. The first-order valence-corrected chi connectivity index (χ1v) is 5.74. The van der Waals surface area contributed by atoms with Crippen LogP contribution in [0.4, 0.5) is 8.78 Å². The Balaban J connectivity index is 3.32. The maximum atomic E-state index is 12.8. The summed E-state index contributed by atoms with van der Waals surface area (Å²) in [6.45, 7) is 0. The Bertz CT molecular complexity index is 518. The second-order valence-electron chi connectivity index (χ2n) is 2.98. The van der Waals surface area contributed by atoms with Gasteiger partial charge in [-0.15, -0.1) is 0 Å². The van der Waals surface area contributed by atoms with E-state index in [0.717, 1.165) is 6.07 Å². The van der Waals surface area contributed by atoms with Crippen molar-refractivity contribution in [2.75, 3.05) is 0 Å². The van der Waals surface area contributed by atoms with E-state index in [-0.39, 0.29) is 8.95 Å².